The first-order chi connectivity index (χ1) is 8.10. The van der Waals surface area contributed by atoms with Gasteiger partial charge < -0.3 is 5.73 Å². The van der Waals surface area contributed by atoms with Crippen LogP contribution in [0.3, 0.4) is 0 Å². The van der Waals surface area contributed by atoms with E-state index in [0.717, 1.165) is 18.8 Å². The van der Waals surface area contributed by atoms with Crippen LogP contribution < -0.4 is 5.73 Å². The monoisotopic (exact) mass is 271 g/mol. The Kier molecular flexibility index (Phi) is 4.13. The van der Waals surface area contributed by atoms with Crippen LogP contribution in [-0.4, -0.2) is 40.0 Å². The molecule has 17 heavy (non-hydrogen) atoms. The molecule has 2 N–H and O–H groups in total. The molecular weight excluding hydrogens is 250 g/mol. The van der Waals surface area contributed by atoms with Gasteiger partial charge in [-0.1, -0.05) is 6.92 Å². The van der Waals surface area contributed by atoms with Crippen LogP contribution in [0, 0.1) is 6.92 Å². The molecule has 0 aromatic carbocycles. The fraction of sp³-hybridized carbons (Fsp3) is 0.750. The van der Waals surface area contributed by atoms with Crippen molar-refractivity contribution in [2.45, 2.75) is 37.6 Å². The van der Waals surface area contributed by atoms with Crippen LogP contribution in [-0.2, 0) is 6.54 Å². The number of hydrogen-bond donors (Lipinski definition) is 1. The van der Waals surface area contributed by atoms with E-state index in [1.165, 1.54) is 17.1 Å². The van der Waals surface area contributed by atoms with Crippen LogP contribution >= 0.6 is 23.1 Å². The summed E-state index contributed by atoms with van der Waals surface area (Å²) in [5.41, 5.74) is 9.32. The number of aromatic nitrogens is 1. The third kappa shape index (κ3) is 2.38. The Morgan fingerprint density at radius 2 is 2.41 bits per heavy atom. The maximum Gasteiger partial charge on any atom is 0.0798 e. The van der Waals surface area contributed by atoms with Crippen molar-refractivity contribution >= 4 is 23.1 Å². The zero-order chi connectivity index (χ0) is 12.5. The van der Waals surface area contributed by atoms with Crippen molar-refractivity contribution in [3.05, 3.63) is 16.1 Å². The van der Waals surface area contributed by atoms with Crippen LogP contribution in [0.25, 0.3) is 0 Å². The van der Waals surface area contributed by atoms with Crippen molar-refractivity contribution in [1.29, 1.82) is 0 Å². The van der Waals surface area contributed by atoms with E-state index < -0.39 is 0 Å². The zero-order valence-electron chi connectivity index (χ0n) is 10.8. The lowest BCUT2D eigenvalue weighted by atomic mass is 9.91. The van der Waals surface area contributed by atoms with Crippen molar-refractivity contribution in [1.82, 2.24) is 9.88 Å². The van der Waals surface area contributed by atoms with Gasteiger partial charge >= 0.3 is 0 Å². The summed E-state index contributed by atoms with van der Waals surface area (Å²) >= 11 is 3.79. The molecule has 3 nitrogen and oxygen atoms in total. The second-order valence-corrected chi connectivity index (χ2v) is 7.18. The first kappa shape index (κ1) is 13.3. The van der Waals surface area contributed by atoms with E-state index in [2.05, 4.69) is 30.8 Å². The standard InChI is InChI=1S/C12H21N3S2/c1-9-11(17-8-14-9)6-15(3)12(7-13)4-5-16-10(12)2/h8,10H,4-7,13H2,1-3H3. The molecule has 0 bridgehead atoms. The number of rotatable bonds is 4. The molecule has 0 aliphatic carbocycles. The molecule has 1 saturated heterocycles. The van der Waals surface area contributed by atoms with E-state index in [1.807, 2.05) is 17.3 Å². The number of aryl methyl sites for hydroxylation is 1. The molecule has 1 fully saturated rings. The third-order valence-electron chi connectivity index (χ3n) is 4.00. The van der Waals surface area contributed by atoms with Crippen LogP contribution in [0.2, 0.25) is 0 Å². The number of nitrogens with zero attached hydrogens (tertiary/aromatic N) is 2. The highest BCUT2D eigenvalue weighted by molar-refractivity contribution is 8.00. The Bertz CT molecular complexity index is 380. The largest absolute Gasteiger partial charge is 0.329 e. The molecular formula is C12H21N3S2. The van der Waals surface area contributed by atoms with E-state index in [0.29, 0.717) is 5.25 Å². The van der Waals surface area contributed by atoms with Gasteiger partial charge in [0.15, 0.2) is 0 Å². The van der Waals surface area contributed by atoms with Gasteiger partial charge in [0.25, 0.3) is 0 Å². The van der Waals surface area contributed by atoms with E-state index in [4.69, 9.17) is 5.73 Å². The molecule has 96 valence electrons. The van der Waals surface area contributed by atoms with Gasteiger partial charge in [-0.25, -0.2) is 4.98 Å². The average Bonchev–Trinajstić information content (AvgIpc) is 2.87. The summed E-state index contributed by atoms with van der Waals surface area (Å²) in [6, 6.07) is 0. The lowest BCUT2D eigenvalue weighted by molar-refractivity contribution is 0.122. The number of likely N-dealkylation sites (N-methyl/N-ethyl adjacent to an activating group) is 1. The molecule has 2 rings (SSSR count). The predicted octanol–water partition coefficient (Wildman–Crippen LogP) is 2.11. The Labute approximate surface area is 112 Å². The summed E-state index contributed by atoms with van der Waals surface area (Å²) < 4.78 is 0. The molecule has 0 radical (unpaired) electrons. The van der Waals surface area contributed by atoms with E-state index in [-0.39, 0.29) is 5.54 Å². The van der Waals surface area contributed by atoms with Crippen molar-refractivity contribution in [3.63, 3.8) is 0 Å². The number of thiazole rings is 1. The van der Waals surface area contributed by atoms with Gasteiger partial charge in [-0.05, 0) is 26.1 Å². The van der Waals surface area contributed by atoms with E-state index in [1.54, 1.807) is 11.3 Å². The Balaban J connectivity index is 2.13. The number of hydrogen-bond acceptors (Lipinski definition) is 5. The normalized spacial score (nSPS) is 29.1. The maximum atomic E-state index is 6.06. The maximum absolute atomic E-state index is 6.06. The molecule has 0 spiro atoms. The molecule has 2 heterocycles. The lowest BCUT2D eigenvalue weighted by Gasteiger charge is -2.40. The lowest BCUT2D eigenvalue weighted by Crippen LogP contribution is -2.55. The number of thioether (sulfide) groups is 1. The highest BCUT2D eigenvalue weighted by atomic mass is 32.2. The van der Waals surface area contributed by atoms with Gasteiger partial charge in [0, 0.05) is 28.8 Å². The van der Waals surface area contributed by atoms with Gasteiger partial charge in [-0.2, -0.15) is 11.8 Å². The highest BCUT2D eigenvalue weighted by Crippen LogP contribution is 2.39. The van der Waals surface area contributed by atoms with Crippen LogP contribution in [0.5, 0.6) is 0 Å². The van der Waals surface area contributed by atoms with Gasteiger partial charge in [-0.3, -0.25) is 4.90 Å². The molecule has 1 aliphatic heterocycles. The van der Waals surface area contributed by atoms with Gasteiger partial charge in [0.1, 0.15) is 0 Å². The summed E-state index contributed by atoms with van der Waals surface area (Å²) in [6.07, 6.45) is 1.20. The molecule has 2 unspecified atom stereocenters. The third-order valence-corrected chi connectivity index (χ3v) is 6.30. The SMILES string of the molecule is Cc1ncsc1CN(C)C1(CN)CCSC1C. The molecule has 1 aliphatic rings. The summed E-state index contributed by atoms with van der Waals surface area (Å²) in [5, 5.41) is 0.616. The molecule has 0 amide bonds. The first-order valence-corrected chi connectivity index (χ1v) is 7.95. The second kappa shape index (κ2) is 5.26. The summed E-state index contributed by atoms with van der Waals surface area (Å²) in [7, 11) is 2.20. The van der Waals surface area contributed by atoms with Crippen molar-refractivity contribution in [2.75, 3.05) is 19.3 Å². The molecule has 1 aromatic rings. The van der Waals surface area contributed by atoms with Gasteiger partial charge in [0.05, 0.1) is 11.2 Å². The van der Waals surface area contributed by atoms with Crippen LogP contribution in [0.15, 0.2) is 5.51 Å². The summed E-state index contributed by atoms with van der Waals surface area (Å²) in [6.45, 7) is 6.11. The summed E-state index contributed by atoms with van der Waals surface area (Å²) in [4.78, 5) is 8.13. The quantitative estimate of drug-likeness (QED) is 0.911. The smallest absolute Gasteiger partial charge is 0.0798 e. The second-order valence-electron chi connectivity index (χ2n) is 4.79. The van der Waals surface area contributed by atoms with E-state index >= 15 is 0 Å². The zero-order valence-corrected chi connectivity index (χ0v) is 12.4. The molecule has 5 heteroatoms. The fourth-order valence-corrected chi connectivity index (χ4v) is 4.91. The minimum absolute atomic E-state index is 0.168. The van der Waals surface area contributed by atoms with Crippen LogP contribution in [0.1, 0.15) is 23.9 Å². The Hall–Kier alpha value is -0.100. The molecule has 2 atom stereocenters. The number of nitrogens with two attached hydrogens (primary N) is 1. The van der Waals surface area contributed by atoms with Crippen molar-refractivity contribution in [3.8, 4) is 0 Å². The summed E-state index contributed by atoms with van der Waals surface area (Å²) in [5.74, 6) is 1.23. The average molecular weight is 271 g/mol. The predicted molar refractivity (Wildman–Crippen MR) is 76.6 cm³/mol. The van der Waals surface area contributed by atoms with Crippen molar-refractivity contribution in [2.24, 2.45) is 5.73 Å². The highest BCUT2D eigenvalue weighted by Gasteiger charge is 2.43. The minimum atomic E-state index is 0.168. The van der Waals surface area contributed by atoms with E-state index in [9.17, 15) is 0 Å². The van der Waals surface area contributed by atoms with Crippen LogP contribution in [0.4, 0.5) is 0 Å². The topological polar surface area (TPSA) is 42.2 Å². The fourth-order valence-electron chi connectivity index (χ4n) is 2.55. The van der Waals surface area contributed by atoms with Crippen molar-refractivity contribution < 1.29 is 0 Å². The Morgan fingerprint density at radius 1 is 1.65 bits per heavy atom. The molecule has 1 aromatic heterocycles. The van der Waals surface area contributed by atoms with Gasteiger partial charge in [-0.15, -0.1) is 11.3 Å². The van der Waals surface area contributed by atoms with Gasteiger partial charge in [0.2, 0.25) is 0 Å². The minimum Gasteiger partial charge on any atom is -0.329 e. The Morgan fingerprint density at radius 3 is 2.88 bits per heavy atom. The molecule has 0 saturated carbocycles. The first-order valence-electron chi connectivity index (χ1n) is 6.02.